The lowest BCUT2D eigenvalue weighted by Gasteiger charge is -2.25. The standard InChI is InChI=1S/C15H21ClN2O2.C13H17F3N2O2.C10H13ClN2O3/c1-3-19-9-7-18(8-10-20-4-2)15-6-5-13(12-17)11-14(15)16;1-3-5-8-17(4-2)10-6-7-12(18(19)20)11(9-10)13(14,15)16;1-12(5-6-16-2)10-4-3-8(13(14)15)7-9(10)11/h5-6,11H,3-4,7-10H2,1-2H3;6-7,9H,3-5,8H2,1-2H3;3-4,7H,5-6H2,1-2H3. The van der Waals surface area contributed by atoms with Gasteiger partial charge in [0.15, 0.2) is 0 Å². The Morgan fingerprint density at radius 3 is 1.86 bits per heavy atom. The van der Waals surface area contributed by atoms with Crippen molar-refractivity contribution >= 4 is 51.6 Å². The molecule has 0 bridgehead atoms. The molecular weight excluding hydrogens is 780 g/mol. The summed E-state index contributed by atoms with van der Waals surface area (Å²) in [4.78, 5) is 25.5. The Balaban J connectivity index is 0.000000423. The van der Waals surface area contributed by atoms with Gasteiger partial charge in [0, 0.05) is 84.0 Å². The number of nitrogens with zero attached hydrogens (tertiary/aromatic N) is 6. The molecule has 0 heterocycles. The zero-order valence-corrected chi connectivity index (χ0v) is 34.1. The molecule has 0 saturated carbocycles. The molecule has 0 saturated heterocycles. The van der Waals surface area contributed by atoms with Crippen molar-refractivity contribution in [3.63, 3.8) is 0 Å². The number of methoxy groups -OCH3 is 1. The molecular formula is C38H51Cl2F3N6O7. The van der Waals surface area contributed by atoms with Crippen LogP contribution in [0.1, 0.15) is 51.7 Å². The maximum atomic E-state index is 12.9. The number of likely N-dealkylation sites (N-methyl/N-ethyl adjacent to an activating group) is 1. The van der Waals surface area contributed by atoms with Crippen LogP contribution in [0.4, 0.5) is 41.6 Å². The molecule has 0 aliphatic rings. The molecule has 0 N–H and O–H groups in total. The van der Waals surface area contributed by atoms with Crippen LogP contribution in [0.5, 0.6) is 0 Å². The van der Waals surface area contributed by atoms with Gasteiger partial charge in [-0.3, -0.25) is 20.2 Å². The van der Waals surface area contributed by atoms with Crippen LogP contribution < -0.4 is 14.7 Å². The number of halogens is 5. The van der Waals surface area contributed by atoms with E-state index in [-0.39, 0.29) is 5.69 Å². The molecule has 310 valence electrons. The lowest BCUT2D eigenvalue weighted by molar-refractivity contribution is -0.388. The smallest absolute Gasteiger partial charge is 0.383 e. The van der Waals surface area contributed by atoms with Gasteiger partial charge in [-0.05, 0) is 63.6 Å². The lowest BCUT2D eigenvalue weighted by atomic mass is 10.1. The van der Waals surface area contributed by atoms with Gasteiger partial charge in [-0.2, -0.15) is 18.4 Å². The van der Waals surface area contributed by atoms with Gasteiger partial charge >= 0.3 is 6.18 Å². The molecule has 3 aromatic carbocycles. The summed E-state index contributed by atoms with van der Waals surface area (Å²) in [5, 5.41) is 31.0. The van der Waals surface area contributed by atoms with E-state index >= 15 is 0 Å². The molecule has 0 aliphatic carbocycles. The number of benzene rings is 3. The number of nitro groups is 2. The molecule has 3 aromatic rings. The van der Waals surface area contributed by atoms with Crippen molar-refractivity contribution in [2.75, 3.05) is 94.6 Å². The fraction of sp³-hybridized carbons (Fsp3) is 0.500. The molecule has 0 spiro atoms. The van der Waals surface area contributed by atoms with E-state index in [4.69, 9.17) is 42.7 Å². The second-order valence-electron chi connectivity index (χ2n) is 11.9. The van der Waals surface area contributed by atoms with Crippen molar-refractivity contribution in [2.45, 2.75) is 46.7 Å². The number of hydrogen-bond acceptors (Lipinski definition) is 11. The van der Waals surface area contributed by atoms with Gasteiger partial charge in [0.05, 0.1) is 62.7 Å². The predicted molar refractivity (Wildman–Crippen MR) is 216 cm³/mol. The molecule has 0 unspecified atom stereocenters. The average Bonchev–Trinajstić information content (AvgIpc) is 3.16. The van der Waals surface area contributed by atoms with E-state index in [1.807, 2.05) is 45.7 Å². The Hall–Kier alpha value is -4.40. The van der Waals surface area contributed by atoms with Crippen LogP contribution in [0.25, 0.3) is 0 Å². The Kier molecular flexibility index (Phi) is 23.4. The number of nitriles is 1. The summed E-state index contributed by atoms with van der Waals surface area (Å²) in [6.45, 7) is 14.3. The van der Waals surface area contributed by atoms with Gasteiger partial charge < -0.3 is 28.9 Å². The minimum atomic E-state index is -4.73. The first kappa shape index (κ1) is 49.6. The summed E-state index contributed by atoms with van der Waals surface area (Å²) in [6, 6.07) is 15.0. The monoisotopic (exact) mass is 830 g/mol. The highest BCUT2D eigenvalue weighted by molar-refractivity contribution is 6.33. The highest BCUT2D eigenvalue weighted by Crippen LogP contribution is 2.38. The van der Waals surface area contributed by atoms with Crippen LogP contribution in [0.2, 0.25) is 10.0 Å². The van der Waals surface area contributed by atoms with Crippen molar-refractivity contribution < 1.29 is 37.2 Å². The van der Waals surface area contributed by atoms with Gasteiger partial charge in [-0.1, -0.05) is 36.5 Å². The molecule has 0 radical (unpaired) electrons. The van der Waals surface area contributed by atoms with E-state index in [2.05, 4.69) is 11.0 Å². The Labute approximate surface area is 336 Å². The number of unbranched alkanes of at least 4 members (excludes halogenated alkanes) is 1. The minimum Gasteiger partial charge on any atom is -0.383 e. The van der Waals surface area contributed by atoms with Gasteiger partial charge in [0.25, 0.3) is 11.4 Å². The summed E-state index contributed by atoms with van der Waals surface area (Å²) >= 11 is 12.2. The first-order chi connectivity index (χ1) is 26.6. The number of hydrogen-bond donors (Lipinski definition) is 0. The summed E-state index contributed by atoms with van der Waals surface area (Å²) < 4.78 is 54.4. The van der Waals surface area contributed by atoms with Gasteiger partial charge in [0.2, 0.25) is 0 Å². The summed E-state index contributed by atoms with van der Waals surface area (Å²) in [5.74, 6) is 0. The van der Waals surface area contributed by atoms with E-state index in [0.29, 0.717) is 74.0 Å². The van der Waals surface area contributed by atoms with E-state index in [0.717, 1.165) is 49.4 Å². The summed E-state index contributed by atoms with van der Waals surface area (Å²) in [7, 11) is 3.47. The third-order valence-electron chi connectivity index (χ3n) is 8.03. The van der Waals surface area contributed by atoms with E-state index in [1.54, 1.807) is 30.2 Å². The average molecular weight is 832 g/mol. The first-order valence-corrected chi connectivity index (χ1v) is 18.7. The van der Waals surface area contributed by atoms with E-state index in [9.17, 15) is 33.4 Å². The van der Waals surface area contributed by atoms with Gasteiger partial charge in [-0.15, -0.1) is 0 Å². The maximum Gasteiger partial charge on any atom is 0.423 e. The Bertz CT molecular complexity index is 1690. The molecule has 0 fully saturated rings. The Morgan fingerprint density at radius 1 is 0.786 bits per heavy atom. The van der Waals surface area contributed by atoms with Crippen molar-refractivity contribution in [1.82, 2.24) is 0 Å². The number of anilines is 3. The fourth-order valence-electron chi connectivity index (χ4n) is 5.02. The topological polar surface area (TPSA) is 147 Å². The molecule has 0 atom stereocenters. The first-order valence-electron chi connectivity index (χ1n) is 17.9. The van der Waals surface area contributed by atoms with Gasteiger partial charge in [-0.25, -0.2) is 0 Å². The number of alkyl halides is 3. The van der Waals surface area contributed by atoms with Gasteiger partial charge in [0.1, 0.15) is 5.56 Å². The largest absolute Gasteiger partial charge is 0.423 e. The molecule has 0 aromatic heterocycles. The quantitative estimate of drug-likeness (QED) is 0.0609. The Morgan fingerprint density at radius 2 is 1.39 bits per heavy atom. The van der Waals surface area contributed by atoms with Crippen LogP contribution in [0.3, 0.4) is 0 Å². The molecule has 13 nitrogen and oxygen atoms in total. The van der Waals surface area contributed by atoms with Crippen LogP contribution >= 0.6 is 23.2 Å². The van der Waals surface area contributed by atoms with Crippen molar-refractivity contribution in [3.8, 4) is 6.07 Å². The summed E-state index contributed by atoms with van der Waals surface area (Å²) in [6.07, 6.45) is -2.95. The maximum absolute atomic E-state index is 12.9. The van der Waals surface area contributed by atoms with Crippen molar-refractivity contribution in [3.05, 3.63) is 96.0 Å². The molecule has 0 amide bonds. The SMILES string of the molecule is CCCCN(CC)c1ccc([N+](=O)[O-])c(C(F)(F)F)c1.CCOCCN(CCOCC)c1ccc(C#N)cc1Cl.COCCN(C)c1ccc([N+](=O)[O-])cc1Cl. The lowest BCUT2D eigenvalue weighted by Crippen LogP contribution is -2.31. The molecule has 0 aliphatic heterocycles. The summed E-state index contributed by atoms with van der Waals surface area (Å²) in [5.41, 5.74) is 0.471. The number of nitro benzene ring substituents is 2. The molecule has 18 heteroatoms. The minimum absolute atomic E-state index is 0.00566. The molecule has 3 rings (SSSR count). The van der Waals surface area contributed by atoms with E-state index in [1.165, 1.54) is 18.2 Å². The number of rotatable bonds is 20. The third kappa shape index (κ3) is 17.2. The van der Waals surface area contributed by atoms with E-state index < -0.39 is 27.3 Å². The van der Waals surface area contributed by atoms with Crippen molar-refractivity contribution in [1.29, 1.82) is 5.26 Å². The second kappa shape index (κ2) is 26.5. The second-order valence-corrected chi connectivity index (χ2v) is 12.7. The number of non-ortho nitro benzene ring substituents is 1. The van der Waals surface area contributed by atoms with Crippen molar-refractivity contribution in [2.24, 2.45) is 0 Å². The zero-order chi connectivity index (χ0) is 42.3. The van der Waals surface area contributed by atoms with Crippen LogP contribution in [0.15, 0.2) is 54.6 Å². The van der Waals surface area contributed by atoms with Crippen LogP contribution in [0, 0.1) is 31.6 Å². The highest BCUT2D eigenvalue weighted by atomic mass is 35.5. The predicted octanol–water partition coefficient (Wildman–Crippen LogP) is 9.66. The highest BCUT2D eigenvalue weighted by Gasteiger charge is 2.38. The third-order valence-corrected chi connectivity index (χ3v) is 8.64. The fourth-order valence-corrected chi connectivity index (χ4v) is 5.64. The number of ether oxygens (including phenoxy) is 3. The van der Waals surface area contributed by atoms with Crippen LogP contribution in [-0.2, 0) is 20.4 Å². The normalized spacial score (nSPS) is 10.7. The molecule has 56 heavy (non-hydrogen) atoms. The zero-order valence-electron chi connectivity index (χ0n) is 32.6. The van der Waals surface area contributed by atoms with Crippen LogP contribution in [-0.4, -0.2) is 89.8 Å².